The van der Waals surface area contributed by atoms with E-state index in [1.165, 1.54) is 0 Å². The number of amides is 2. The van der Waals surface area contributed by atoms with E-state index in [9.17, 15) is 18.0 Å². The van der Waals surface area contributed by atoms with Crippen LogP contribution in [-0.2, 0) is 19.6 Å². The fourth-order valence-electron chi connectivity index (χ4n) is 4.61. The Balaban J connectivity index is 1.75. The molecule has 3 saturated heterocycles. The summed E-state index contributed by atoms with van der Waals surface area (Å²) in [6.07, 6.45) is 3.03. The van der Waals surface area contributed by atoms with E-state index in [-0.39, 0.29) is 17.9 Å². The van der Waals surface area contributed by atoms with Gasteiger partial charge in [0.1, 0.15) is 0 Å². The fraction of sp³-hybridized carbons (Fsp3) is 0.882. The zero-order valence-corrected chi connectivity index (χ0v) is 16.7. The van der Waals surface area contributed by atoms with Gasteiger partial charge in [-0.1, -0.05) is 13.3 Å². The highest BCUT2D eigenvalue weighted by Crippen LogP contribution is 2.40. The number of piperazine rings is 1. The van der Waals surface area contributed by atoms with Gasteiger partial charge < -0.3 is 9.80 Å². The molecular weight excluding hydrogens is 356 g/mol. The molecule has 8 nitrogen and oxygen atoms in total. The summed E-state index contributed by atoms with van der Waals surface area (Å²) in [7, 11) is -1.54. The quantitative estimate of drug-likeness (QED) is 0.629. The molecule has 0 radical (unpaired) electrons. The van der Waals surface area contributed by atoms with Crippen molar-refractivity contribution in [3.8, 4) is 0 Å². The van der Waals surface area contributed by atoms with E-state index >= 15 is 0 Å². The summed E-state index contributed by atoms with van der Waals surface area (Å²) in [6.45, 7) is 6.46. The van der Waals surface area contributed by atoms with Gasteiger partial charge in [0.2, 0.25) is 21.8 Å². The monoisotopic (exact) mass is 386 g/mol. The van der Waals surface area contributed by atoms with Crippen LogP contribution < -0.4 is 0 Å². The van der Waals surface area contributed by atoms with Crippen molar-refractivity contribution in [1.29, 1.82) is 0 Å². The average molecular weight is 387 g/mol. The van der Waals surface area contributed by atoms with E-state index in [2.05, 4.69) is 16.8 Å². The van der Waals surface area contributed by atoms with E-state index in [0.29, 0.717) is 25.9 Å². The number of hydrogen-bond donors (Lipinski definition) is 0. The van der Waals surface area contributed by atoms with Crippen LogP contribution in [0.15, 0.2) is 0 Å². The third-order valence-electron chi connectivity index (χ3n) is 5.90. The molecule has 26 heavy (non-hydrogen) atoms. The first-order chi connectivity index (χ1) is 12.2. The second-order valence-electron chi connectivity index (χ2n) is 7.81. The van der Waals surface area contributed by atoms with Gasteiger partial charge in [-0.25, -0.2) is 12.7 Å². The second kappa shape index (κ2) is 7.44. The summed E-state index contributed by atoms with van der Waals surface area (Å²) < 4.78 is 25.4. The predicted molar refractivity (Wildman–Crippen MR) is 97.9 cm³/mol. The lowest BCUT2D eigenvalue weighted by atomic mass is 9.94. The Bertz CT molecular complexity index is 660. The molecule has 0 spiro atoms. The third kappa shape index (κ3) is 3.61. The normalized spacial score (nSPS) is 30.9. The van der Waals surface area contributed by atoms with E-state index in [0.717, 1.165) is 43.2 Å². The minimum Gasteiger partial charge on any atom is -0.336 e. The molecule has 2 amide bonds. The smallest absolute Gasteiger partial charge is 0.241 e. The van der Waals surface area contributed by atoms with Crippen LogP contribution in [0.25, 0.3) is 0 Å². The van der Waals surface area contributed by atoms with Crippen LogP contribution in [-0.4, -0.2) is 104 Å². The number of hydrogen-bond acceptors (Lipinski definition) is 6. The van der Waals surface area contributed by atoms with Crippen LogP contribution in [0, 0.1) is 5.92 Å². The van der Waals surface area contributed by atoms with Crippen molar-refractivity contribution in [3.05, 3.63) is 0 Å². The molecule has 3 fully saturated rings. The number of sulfonamides is 1. The Kier molecular flexibility index (Phi) is 5.60. The Morgan fingerprint density at radius 3 is 2.38 bits per heavy atom. The Hall–Kier alpha value is -1.19. The van der Waals surface area contributed by atoms with Crippen LogP contribution in [0.5, 0.6) is 0 Å². The van der Waals surface area contributed by atoms with Crippen molar-refractivity contribution >= 4 is 21.8 Å². The van der Waals surface area contributed by atoms with Crippen molar-refractivity contribution < 1.29 is 18.0 Å². The molecule has 1 unspecified atom stereocenters. The van der Waals surface area contributed by atoms with Gasteiger partial charge in [0, 0.05) is 32.7 Å². The highest BCUT2D eigenvalue weighted by molar-refractivity contribution is 7.88. The maximum atomic E-state index is 12.9. The van der Waals surface area contributed by atoms with Crippen LogP contribution >= 0.6 is 0 Å². The molecule has 0 N–H and O–H groups in total. The molecular formula is C17H30N4O4S. The zero-order chi connectivity index (χ0) is 19.1. The molecule has 0 saturated carbocycles. The summed E-state index contributed by atoms with van der Waals surface area (Å²) in [6, 6.07) is -0.706. The summed E-state index contributed by atoms with van der Waals surface area (Å²) in [5.74, 6) is -0.716. The third-order valence-corrected chi connectivity index (χ3v) is 7.07. The number of fused-ring (bicyclic) bond motifs is 1. The van der Waals surface area contributed by atoms with Crippen LogP contribution in [0.1, 0.15) is 26.2 Å². The molecule has 3 aliphatic rings. The Morgan fingerprint density at radius 1 is 1.15 bits per heavy atom. The summed E-state index contributed by atoms with van der Waals surface area (Å²) in [5.41, 5.74) is 0. The number of likely N-dealkylation sites (tertiary alicyclic amines) is 1. The van der Waals surface area contributed by atoms with Crippen molar-refractivity contribution in [1.82, 2.24) is 19.0 Å². The first-order valence-electron chi connectivity index (χ1n) is 9.47. The molecule has 148 valence electrons. The van der Waals surface area contributed by atoms with Gasteiger partial charge in [-0.3, -0.25) is 14.5 Å². The second-order valence-corrected chi connectivity index (χ2v) is 9.66. The molecule has 0 aromatic carbocycles. The number of carbonyl (C=O) groups is 2. The van der Waals surface area contributed by atoms with Gasteiger partial charge >= 0.3 is 0 Å². The van der Waals surface area contributed by atoms with Crippen LogP contribution in [0.3, 0.4) is 0 Å². The van der Waals surface area contributed by atoms with Gasteiger partial charge in [0.25, 0.3) is 0 Å². The summed E-state index contributed by atoms with van der Waals surface area (Å²) in [4.78, 5) is 31.9. The first-order valence-corrected chi connectivity index (χ1v) is 11.3. The van der Waals surface area contributed by atoms with Gasteiger partial charge in [0.05, 0.1) is 30.8 Å². The largest absolute Gasteiger partial charge is 0.336 e. The standard InChI is InChI=1S/C17H30N4O4S/c1-4-5-13-16-14(21(17(13)23)26(3,24)25)6-7-20(16)15(22)12-19-10-8-18(2)9-11-19/h13-14,16H,4-12H2,1-3H3/t13-,14+,16?/m1/s1. The summed E-state index contributed by atoms with van der Waals surface area (Å²) in [5, 5.41) is 0. The number of carbonyl (C=O) groups excluding carboxylic acids is 2. The fourth-order valence-corrected chi connectivity index (χ4v) is 5.79. The molecule has 9 heteroatoms. The van der Waals surface area contributed by atoms with Gasteiger partial charge in [-0.05, 0) is 19.9 Å². The molecule has 3 atom stereocenters. The number of nitrogens with zero attached hydrogens (tertiary/aromatic N) is 4. The number of rotatable bonds is 5. The maximum absolute atomic E-state index is 12.9. The summed E-state index contributed by atoms with van der Waals surface area (Å²) >= 11 is 0. The Labute approximate surface area is 156 Å². The van der Waals surface area contributed by atoms with Crippen molar-refractivity contribution in [3.63, 3.8) is 0 Å². The minimum atomic E-state index is -3.61. The van der Waals surface area contributed by atoms with Crippen molar-refractivity contribution in [2.45, 2.75) is 38.3 Å². The molecule has 0 aliphatic carbocycles. The van der Waals surface area contributed by atoms with Gasteiger partial charge in [-0.15, -0.1) is 0 Å². The lowest BCUT2D eigenvalue weighted by Crippen LogP contribution is -2.51. The highest BCUT2D eigenvalue weighted by atomic mass is 32.2. The Morgan fingerprint density at radius 2 is 1.81 bits per heavy atom. The zero-order valence-electron chi connectivity index (χ0n) is 15.9. The van der Waals surface area contributed by atoms with Crippen LogP contribution in [0.4, 0.5) is 0 Å². The van der Waals surface area contributed by atoms with E-state index in [4.69, 9.17) is 0 Å². The number of likely N-dealkylation sites (N-methyl/N-ethyl adjacent to an activating group) is 1. The van der Waals surface area contributed by atoms with Crippen molar-refractivity contribution in [2.24, 2.45) is 5.92 Å². The molecule has 3 aliphatic heterocycles. The van der Waals surface area contributed by atoms with Crippen LogP contribution in [0.2, 0.25) is 0 Å². The molecule has 3 rings (SSSR count). The van der Waals surface area contributed by atoms with Gasteiger partial charge in [-0.2, -0.15) is 0 Å². The molecule has 3 heterocycles. The van der Waals surface area contributed by atoms with Gasteiger partial charge in [0.15, 0.2) is 0 Å². The maximum Gasteiger partial charge on any atom is 0.241 e. The molecule has 0 aromatic heterocycles. The molecule has 0 aromatic rings. The SMILES string of the molecule is CCC[C@H]1C(=O)N(S(C)(=O)=O)[C@H]2CCN(C(=O)CN3CCN(C)CC3)C12. The first kappa shape index (κ1) is 19.6. The predicted octanol–water partition coefficient (Wildman–Crippen LogP) is -0.579. The lowest BCUT2D eigenvalue weighted by Gasteiger charge is -2.34. The lowest BCUT2D eigenvalue weighted by molar-refractivity contribution is -0.135. The van der Waals surface area contributed by atoms with Crippen molar-refractivity contribution in [2.75, 3.05) is 52.6 Å². The topological polar surface area (TPSA) is 81.2 Å². The van der Waals surface area contributed by atoms with E-state index in [1.54, 1.807) is 4.90 Å². The highest BCUT2D eigenvalue weighted by Gasteiger charge is 2.57. The van der Waals surface area contributed by atoms with E-state index < -0.39 is 22.0 Å². The van der Waals surface area contributed by atoms with E-state index in [1.807, 2.05) is 6.92 Å². The molecule has 0 bridgehead atoms. The minimum absolute atomic E-state index is 0.0197. The average Bonchev–Trinajstić information content (AvgIpc) is 3.08.